The first-order valence-electron chi connectivity index (χ1n) is 15.7. The van der Waals surface area contributed by atoms with Gasteiger partial charge in [-0.25, -0.2) is 9.67 Å². The lowest BCUT2D eigenvalue weighted by Gasteiger charge is -2.30. The van der Waals surface area contributed by atoms with E-state index < -0.39 is 0 Å². The number of allylic oxidation sites excluding steroid dienone is 2. The van der Waals surface area contributed by atoms with Gasteiger partial charge in [0.1, 0.15) is 5.65 Å². The smallest absolute Gasteiger partial charge is 0.260 e. The number of benzene rings is 2. The van der Waals surface area contributed by atoms with Crippen LogP contribution in [0.1, 0.15) is 48.9 Å². The monoisotopic (exact) mass is 598 g/mol. The Hall–Kier alpha value is -5.02. The van der Waals surface area contributed by atoms with Gasteiger partial charge in [-0.1, -0.05) is 43.0 Å². The predicted molar refractivity (Wildman–Crippen MR) is 182 cm³/mol. The Morgan fingerprint density at radius 1 is 1.04 bits per heavy atom. The third kappa shape index (κ3) is 6.17. The van der Waals surface area contributed by atoms with Crippen molar-refractivity contribution in [2.45, 2.75) is 44.7 Å². The second kappa shape index (κ2) is 12.5. The first-order chi connectivity index (χ1) is 22.0. The largest absolute Gasteiger partial charge is 0.381 e. The fourth-order valence-corrected chi connectivity index (χ4v) is 6.39. The van der Waals surface area contributed by atoms with E-state index in [9.17, 15) is 4.79 Å². The molecule has 1 atom stereocenters. The van der Waals surface area contributed by atoms with Crippen molar-refractivity contribution in [1.82, 2.24) is 29.2 Å². The number of likely N-dealkylation sites (N-methyl/N-ethyl adjacent to an activating group) is 1. The van der Waals surface area contributed by atoms with Crippen LogP contribution in [0.2, 0.25) is 0 Å². The molecule has 9 heteroatoms. The number of hydrogen-bond donors (Lipinski definition) is 2. The van der Waals surface area contributed by atoms with Gasteiger partial charge in [0, 0.05) is 53.0 Å². The van der Waals surface area contributed by atoms with Crippen molar-refractivity contribution in [2.24, 2.45) is 0 Å². The van der Waals surface area contributed by atoms with Gasteiger partial charge in [0.15, 0.2) is 0 Å². The van der Waals surface area contributed by atoms with Crippen LogP contribution in [-0.4, -0.2) is 55.4 Å². The molecule has 0 bridgehead atoms. The highest BCUT2D eigenvalue weighted by Crippen LogP contribution is 2.26. The predicted octanol–water partition coefficient (Wildman–Crippen LogP) is 6.37. The molecular weight excluding hydrogens is 560 g/mol. The Morgan fingerprint density at radius 3 is 2.64 bits per heavy atom. The molecule has 4 heterocycles. The Kier molecular flexibility index (Phi) is 8.00. The van der Waals surface area contributed by atoms with Gasteiger partial charge in [-0.15, -0.1) is 0 Å². The van der Waals surface area contributed by atoms with Gasteiger partial charge in [-0.3, -0.25) is 9.36 Å². The van der Waals surface area contributed by atoms with Gasteiger partial charge < -0.3 is 15.5 Å². The average Bonchev–Trinajstić information content (AvgIpc) is 3.76. The second-order valence-corrected chi connectivity index (χ2v) is 12.0. The van der Waals surface area contributed by atoms with Gasteiger partial charge in [0.2, 0.25) is 5.95 Å². The summed E-state index contributed by atoms with van der Waals surface area (Å²) in [4.78, 5) is 26.1. The lowest BCUT2D eigenvalue weighted by Crippen LogP contribution is -2.39. The summed E-state index contributed by atoms with van der Waals surface area (Å²) in [6, 6.07) is 22.3. The Morgan fingerprint density at radius 2 is 1.87 bits per heavy atom. The lowest BCUT2D eigenvalue weighted by molar-refractivity contribution is 0.261. The van der Waals surface area contributed by atoms with Crippen molar-refractivity contribution in [3.8, 4) is 0 Å². The quantitative estimate of drug-likeness (QED) is 0.204. The lowest BCUT2D eigenvalue weighted by atomic mass is 10.00. The molecule has 0 saturated carbocycles. The maximum absolute atomic E-state index is 14.2. The van der Waals surface area contributed by atoms with E-state index in [-0.39, 0.29) is 5.56 Å². The first kappa shape index (κ1) is 28.7. The van der Waals surface area contributed by atoms with Crippen molar-refractivity contribution < 1.29 is 0 Å². The summed E-state index contributed by atoms with van der Waals surface area (Å²) >= 11 is 0. The highest BCUT2D eigenvalue weighted by atomic mass is 16.1. The average molecular weight is 599 g/mol. The molecule has 2 aromatic carbocycles. The molecule has 7 rings (SSSR count). The third-order valence-corrected chi connectivity index (χ3v) is 8.74. The molecule has 45 heavy (non-hydrogen) atoms. The SMILES string of the molecule is C=C(c1ccccc1)c1cc2cnc(Nc3ccc(NC4CCCN(C)C4)cc3)nc2n(Cc2ccnn2C2=CCCC2)c1=O. The van der Waals surface area contributed by atoms with Gasteiger partial charge in [0.25, 0.3) is 5.56 Å². The molecule has 2 aliphatic rings. The summed E-state index contributed by atoms with van der Waals surface area (Å²) in [5, 5.41) is 12.3. The van der Waals surface area contributed by atoms with Crippen molar-refractivity contribution >= 4 is 39.6 Å². The summed E-state index contributed by atoms with van der Waals surface area (Å²) in [7, 11) is 2.17. The Balaban J connectivity index is 1.22. The van der Waals surface area contributed by atoms with E-state index in [1.165, 1.54) is 18.5 Å². The highest BCUT2D eigenvalue weighted by molar-refractivity contribution is 5.85. The molecule has 1 fully saturated rings. The molecule has 0 spiro atoms. The number of likely N-dealkylation sites (tertiary alicyclic amines) is 1. The van der Waals surface area contributed by atoms with E-state index in [4.69, 9.17) is 4.98 Å². The number of rotatable bonds is 9. The molecule has 1 aliphatic heterocycles. The van der Waals surface area contributed by atoms with Crippen molar-refractivity contribution in [2.75, 3.05) is 30.8 Å². The topological polar surface area (TPSA) is 92.9 Å². The molecule has 3 aromatic heterocycles. The van der Waals surface area contributed by atoms with E-state index in [0.29, 0.717) is 35.3 Å². The molecular formula is C36H38N8O. The summed E-state index contributed by atoms with van der Waals surface area (Å²) in [5.74, 6) is 0.423. The van der Waals surface area contributed by atoms with Crippen LogP contribution in [0, 0.1) is 0 Å². The number of pyridine rings is 1. The minimum absolute atomic E-state index is 0.155. The summed E-state index contributed by atoms with van der Waals surface area (Å²) in [6.07, 6.45) is 11.3. The standard InChI is InChI=1S/C36H38N8O/c1-25(26-9-4-3-5-10-26)33-21-27-22-37-36(40-29-16-14-28(15-17-29)39-30-11-8-20-42(2)23-30)41-34(27)43(35(33)45)24-32-18-19-38-44(32)31-12-6-7-13-31/h3-5,9-10,12,14-19,21-22,30,39H,1,6-8,11,13,20,23-24H2,2H3,(H,37,40,41). The number of aromatic nitrogens is 5. The molecule has 0 radical (unpaired) electrons. The number of piperidine rings is 1. The van der Waals surface area contributed by atoms with Crippen LogP contribution in [0.4, 0.5) is 17.3 Å². The van der Waals surface area contributed by atoms with Crippen molar-refractivity contribution in [3.63, 3.8) is 0 Å². The van der Waals surface area contributed by atoms with Gasteiger partial charge in [0.05, 0.1) is 12.2 Å². The summed E-state index contributed by atoms with van der Waals surface area (Å²) in [5.41, 5.74) is 6.54. The molecule has 1 saturated heterocycles. The fraction of sp³-hybridized carbons (Fsp3) is 0.278. The van der Waals surface area contributed by atoms with Crippen LogP contribution >= 0.6 is 0 Å². The maximum atomic E-state index is 14.2. The summed E-state index contributed by atoms with van der Waals surface area (Å²) < 4.78 is 3.69. The molecule has 1 aliphatic carbocycles. The van der Waals surface area contributed by atoms with E-state index in [0.717, 1.165) is 60.4 Å². The number of nitrogens with one attached hydrogen (secondary N) is 2. The number of nitrogens with zero attached hydrogens (tertiary/aromatic N) is 6. The molecule has 9 nitrogen and oxygen atoms in total. The fourth-order valence-electron chi connectivity index (χ4n) is 6.39. The normalized spacial score (nSPS) is 16.9. The maximum Gasteiger partial charge on any atom is 0.260 e. The third-order valence-electron chi connectivity index (χ3n) is 8.74. The zero-order valence-corrected chi connectivity index (χ0v) is 25.6. The molecule has 2 N–H and O–H groups in total. The number of anilines is 3. The van der Waals surface area contributed by atoms with Crippen molar-refractivity contribution in [3.05, 3.63) is 119 Å². The zero-order valence-electron chi connectivity index (χ0n) is 25.6. The van der Waals surface area contributed by atoms with Crippen LogP contribution in [0.5, 0.6) is 0 Å². The Labute approximate surface area is 262 Å². The number of hydrogen-bond acceptors (Lipinski definition) is 7. The molecule has 1 unspecified atom stereocenters. The van der Waals surface area contributed by atoms with E-state index in [2.05, 4.69) is 57.5 Å². The first-order valence-corrected chi connectivity index (χ1v) is 15.7. The second-order valence-electron chi connectivity index (χ2n) is 12.0. The van der Waals surface area contributed by atoms with E-state index >= 15 is 0 Å². The summed E-state index contributed by atoms with van der Waals surface area (Å²) in [6.45, 7) is 6.82. The number of fused-ring (bicyclic) bond motifs is 1. The van der Waals surface area contributed by atoms with Crippen LogP contribution in [0.15, 0.2) is 96.6 Å². The molecule has 228 valence electrons. The van der Waals surface area contributed by atoms with Crippen molar-refractivity contribution in [1.29, 1.82) is 0 Å². The minimum atomic E-state index is -0.155. The van der Waals surface area contributed by atoms with Gasteiger partial charge in [-0.2, -0.15) is 10.1 Å². The van der Waals surface area contributed by atoms with Gasteiger partial charge in [-0.05, 0) is 93.2 Å². The van der Waals surface area contributed by atoms with E-state index in [1.807, 2.05) is 59.3 Å². The minimum Gasteiger partial charge on any atom is -0.381 e. The Bertz CT molecular complexity index is 1920. The molecule has 5 aromatic rings. The van der Waals surface area contributed by atoms with Gasteiger partial charge >= 0.3 is 0 Å². The highest BCUT2D eigenvalue weighted by Gasteiger charge is 2.19. The van der Waals surface area contributed by atoms with Crippen LogP contribution in [0.25, 0.3) is 22.3 Å². The zero-order chi connectivity index (χ0) is 30.8. The molecule has 0 amide bonds. The van der Waals surface area contributed by atoms with Crippen LogP contribution in [-0.2, 0) is 6.54 Å². The van der Waals surface area contributed by atoms with E-state index in [1.54, 1.807) is 17.0 Å². The van der Waals surface area contributed by atoms with Crippen LogP contribution < -0.4 is 16.2 Å². The van der Waals surface area contributed by atoms with Crippen LogP contribution in [0.3, 0.4) is 0 Å².